The van der Waals surface area contributed by atoms with E-state index in [9.17, 15) is 4.79 Å². The fourth-order valence-electron chi connectivity index (χ4n) is 1.51. The maximum absolute atomic E-state index is 11.1. The first kappa shape index (κ1) is 9.68. The minimum atomic E-state index is 0.188. The van der Waals surface area contributed by atoms with Crippen LogP contribution in [0.5, 0.6) is 0 Å². The van der Waals surface area contributed by atoms with Gasteiger partial charge in [-0.1, -0.05) is 0 Å². The molecule has 0 spiro atoms. The first-order chi connectivity index (χ1) is 5.83. The molecule has 0 aromatic heterocycles. The number of rotatable bonds is 4. The van der Waals surface area contributed by atoms with Crippen LogP contribution in [0.1, 0.15) is 19.3 Å². The predicted molar refractivity (Wildman–Crippen MR) is 45.0 cm³/mol. The summed E-state index contributed by atoms with van der Waals surface area (Å²) in [6, 6.07) is 0. The predicted octanol–water partition coefficient (Wildman–Crippen LogP) is 1.02. The van der Waals surface area contributed by atoms with Crippen LogP contribution in [0.3, 0.4) is 0 Å². The van der Waals surface area contributed by atoms with Crippen molar-refractivity contribution in [3.8, 4) is 0 Å². The molecule has 0 N–H and O–H groups in total. The quantitative estimate of drug-likeness (QED) is 0.635. The number of ketones is 1. The van der Waals surface area contributed by atoms with E-state index in [-0.39, 0.29) is 12.4 Å². The van der Waals surface area contributed by atoms with Gasteiger partial charge in [0.2, 0.25) is 0 Å². The average molecular weight is 172 g/mol. The maximum atomic E-state index is 11.1. The van der Waals surface area contributed by atoms with E-state index in [1.54, 1.807) is 7.11 Å². The second-order valence-corrected chi connectivity index (χ2v) is 3.26. The molecule has 0 bridgehead atoms. The zero-order valence-electron chi connectivity index (χ0n) is 7.54. The van der Waals surface area contributed by atoms with E-state index in [0.29, 0.717) is 12.3 Å². The van der Waals surface area contributed by atoms with E-state index in [2.05, 4.69) is 0 Å². The van der Waals surface area contributed by atoms with Crippen LogP contribution >= 0.6 is 0 Å². The van der Waals surface area contributed by atoms with E-state index >= 15 is 0 Å². The van der Waals surface area contributed by atoms with Gasteiger partial charge in [0.25, 0.3) is 0 Å². The Hall–Kier alpha value is -0.410. The Kier molecular flexibility index (Phi) is 4.25. The largest absolute Gasteiger partial charge is 0.381 e. The topological polar surface area (TPSA) is 35.5 Å². The SMILES string of the molecule is COCC(=O)CC1CCCOC1. The summed E-state index contributed by atoms with van der Waals surface area (Å²) in [5.74, 6) is 0.620. The van der Waals surface area contributed by atoms with Gasteiger partial charge in [-0.05, 0) is 18.8 Å². The molecule has 1 atom stereocenters. The van der Waals surface area contributed by atoms with Crippen molar-refractivity contribution in [3.05, 3.63) is 0 Å². The maximum Gasteiger partial charge on any atom is 0.158 e. The highest BCUT2D eigenvalue weighted by molar-refractivity contribution is 5.79. The van der Waals surface area contributed by atoms with Gasteiger partial charge in [0, 0.05) is 26.7 Å². The smallest absolute Gasteiger partial charge is 0.158 e. The zero-order valence-corrected chi connectivity index (χ0v) is 7.54. The Morgan fingerprint density at radius 2 is 2.50 bits per heavy atom. The molecule has 1 aliphatic rings. The van der Waals surface area contributed by atoms with Crippen molar-refractivity contribution < 1.29 is 14.3 Å². The van der Waals surface area contributed by atoms with Crippen LogP contribution in [0.4, 0.5) is 0 Å². The third-order valence-corrected chi connectivity index (χ3v) is 2.08. The number of ether oxygens (including phenoxy) is 2. The lowest BCUT2D eigenvalue weighted by Gasteiger charge is -2.20. The molecule has 1 aliphatic heterocycles. The average Bonchev–Trinajstić information content (AvgIpc) is 2.06. The van der Waals surface area contributed by atoms with Crippen molar-refractivity contribution in [1.29, 1.82) is 0 Å². The third kappa shape index (κ3) is 3.32. The summed E-state index contributed by atoms with van der Waals surface area (Å²) >= 11 is 0. The lowest BCUT2D eigenvalue weighted by Crippen LogP contribution is -2.21. The fourth-order valence-corrected chi connectivity index (χ4v) is 1.51. The first-order valence-electron chi connectivity index (χ1n) is 4.41. The van der Waals surface area contributed by atoms with Crippen LogP contribution in [0.2, 0.25) is 0 Å². The number of methoxy groups -OCH3 is 1. The molecule has 1 fully saturated rings. The van der Waals surface area contributed by atoms with Gasteiger partial charge in [0.1, 0.15) is 6.61 Å². The minimum Gasteiger partial charge on any atom is -0.381 e. The van der Waals surface area contributed by atoms with Crippen molar-refractivity contribution in [2.75, 3.05) is 26.9 Å². The number of Topliss-reactive ketones (excluding diaryl/α,β-unsaturated/α-hetero) is 1. The number of hydrogen-bond acceptors (Lipinski definition) is 3. The summed E-state index contributed by atoms with van der Waals surface area (Å²) in [5, 5.41) is 0. The summed E-state index contributed by atoms with van der Waals surface area (Å²) in [6.07, 6.45) is 2.83. The van der Waals surface area contributed by atoms with Gasteiger partial charge in [-0.2, -0.15) is 0 Å². The molecule has 1 rings (SSSR count). The molecular formula is C9H16O3. The van der Waals surface area contributed by atoms with Gasteiger partial charge < -0.3 is 9.47 Å². The Morgan fingerprint density at radius 3 is 3.08 bits per heavy atom. The van der Waals surface area contributed by atoms with Crippen LogP contribution in [-0.4, -0.2) is 32.7 Å². The molecule has 0 aromatic carbocycles. The second kappa shape index (κ2) is 5.27. The lowest BCUT2D eigenvalue weighted by molar-refractivity contribution is -0.124. The normalized spacial score (nSPS) is 23.9. The molecular weight excluding hydrogens is 156 g/mol. The molecule has 1 heterocycles. The standard InChI is InChI=1S/C9H16O3/c1-11-7-9(10)5-8-3-2-4-12-6-8/h8H,2-7H2,1H3. The van der Waals surface area contributed by atoms with Crippen molar-refractivity contribution in [1.82, 2.24) is 0 Å². The summed E-state index contributed by atoms with van der Waals surface area (Å²) in [4.78, 5) is 11.1. The summed E-state index contributed by atoms with van der Waals surface area (Å²) in [5.41, 5.74) is 0. The fraction of sp³-hybridized carbons (Fsp3) is 0.889. The monoisotopic (exact) mass is 172 g/mol. The van der Waals surface area contributed by atoms with Gasteiger partial charge in [0.05, 0.1) is 0 Å². The van der Waals surface area contributed by atoms with Crippen LogP contribution < -0.4 is 0 Å². The van der Waals surface area contributed by atoms with Gasteiger partial charge in [-0.15, -0.1) is 0 Å². The van der Waals surface area contributed by atoms with Crippen molar-refractivity contribution in [3.63, 3.8) is 0 Å². The van der Waals surface area contributed by atoms with Crippen LogP contribution in [0.15, 0.2) is 0 Å². The highest BCUT2D eigenvalue weighted by Gasteiger charge is 2.16. The third-order valence-electron chi connectivity index (χ3n) is 2.08. The Labute approximate surface area is 73.0 Å². The lowest BCUT2D eigenvalue weighted by atomic mass is 9.97. The molecule has 3 heteroatoms. The van der Waals surface area contributed by atoms with Crippen molar-refractivity contribution >= 4 is 5.78 Å². The number of carbonyl (C=O) groups is 1. The van der Waals surface area contributed by atoms with E-state index in [1.165, 1.54) is 0 Å². The number of carbonyl (C=O) groups excluding carboxylic acids is 1. The van der Waals surface area contributed by atoms with Gasteiger partial charge in [-0.25, -0.2) is 0 Å². The molecule has 0 aromatic rings. The molecule has 1 saturated heterocycles. The zero-order chi connectivity index (χ0) is 8.81. The van der Waals surface area contributed by atoms with E-state index in [4.69, 9.17) is 9.47 Å². The minimum absolute atomic E-state index is 0.188. The molecule has 0 radical (unpaired) electrons. The van der Waals surface area contributed by atoms with Crippen LogP contribution in [-0.2, 0) is 14.3 Å². The first-order valence-corrected chi connectivity index (χ1v) is 4.41. The molecule has 12 heavy (non-hydrogen) atoms. The summed E-state index contributed by atoms with van der Waals surface area (Å²) < 4.78 is 10.0. The van der Waals surface area contributed by atoms with Crippen molar-refractivity contribution in [2.45, 2.75) is 19.3 Å². The van der Waals surface area contributed by atoms with E-state index in [0.717, 1.165) is 26.1 Å². The Bertz CT molecular complexity index is 139. The molecule has 0 saturated carbocycles. The second-order valence-electron chi connectivity index (χ2n) is 3.26. The van der Waals surface area contributed by atoms with E-state index in [1.807, 2.05) is 0 Å². The molecule has 0 aliphatic carbocycles. The summed E-state index contributed by atoms with van der Waals surface area (Å²) in [7, 11) is 1.55. The van der Waals surface area contributed by atoms with Gasteiger partial charge in [-0.3, -0.25) is 4.79 Å². The molecule has 3 nitrogen and oxygen atoms in total. The summed E-state index contributed by atoms with van der Waals surface area (Å²) in [6.45, 7) is 1.85. The van der Waals surface area contributed by atoms with Gasteiger partial charge >= 0.3 is 0 Å². The molecule has 1 unspecified atom stereocenters. The highest BCUT2D eigenvalue weighted by Crippen LogP contribution is 2.17. The number of hydrogen-bond donors (Lipinski definition) is 0. The van der Waals surface area contributed by atoms with E-state index < -0.39 is 0 Å². The van der Waals surface area contributed by atoms with Gasteiger partial charge in [0.15, 0.2) is 5.78 Å². The highest BCUT2D eigenvalue weighted by atomic mass is 16.5. The van der Waals surface area contributed by atoms with Crippen molar-refractivity contribution in [2.24, 2.45) is 5.92 Å². The Morgan fingerprint density at radius 1 is 1.67 bits per heavy atom. The molecule has 70 valence electrons. The van der Waals surface area contributed by atoms with Crippen LogP contribution in [0, 0.1) is 5.92 Å². The molecule has 0 amide bonds. The van der Waals surface area contributed by atoms with Crippen LogP contribution in [0.25, 0.3) is 0 Å². The Balaban J connectivity index is 2.15.